The van der Waals surface area contributed by atoms with Crippen molar-refractivity contribution >= 4 is 35.1 Å². The molecule has 37 heavy (non-hydrogen) atoms. The minimum absolute atomic E-state index is 0.293. The summed E-state index contributed by atoms with van der Waals surface area (Å²) < 4.78 is 0. The van der Waals surface area contributed by atoms with Gasteiger partial charge in [-0.05, 0) is 68.2 Å². The van der Waals surface area contributed by atoms with E-state index >= 15 is 0 Å². The van der Waals surface area contributed by atoms with Gasteiger partial charge >= 0.3 is 6.03 Å². The summed E-state index contributed by atoms with van der Waals surface area (Å²) in [6.45, 7) is 2.70. The molecule has 4 rings (SSSR count). The van der Waals surface area contributed by atoms with E-state index in [0.717, 1.165) is 31.6 Å². The van der Waals surface area contributed by atoms with Crippen LogP contribution < -0.4 is 16.0 Å². The second-order valence-corrected chi connectivity index (χ2v) is 9.94. The van der Waals surface area contributed by atoms with Crippen LogP contribution in [0.3, 0.4) is 0 Å². The summed E-state index contributed by atoms with van der Waals surface area (Å²) in [7, 11) is 0. The standard InChI is InChI=1S/C27H26Cl2N6O2/c28-22-7-6-18(14-23(22)29)24-20(16-33-26(37)34-24)25(36)32-10-3-11-35-12-8-27(17-31,9-13-35)21-5-2-1-4-19(21)15-30/h1-2,4-7,14,16,24H,3,8-13H2,(H,32,36)(H2,33,34,37)/t24-/m1/s1. The topological polar surface area (TPSA) is 121 Å². The maximum absolute atomic E-state index is 12.9. The van der Waals surface area contributed by atoms with Crippen LogP contribution in [0.4, 0.5) is 4.79 Å². The highest BCUT2D eigenvalue weighted by Gasteiger charge is 2.38. The normalized spacial score (nSPS) is 19.0. The van der Waals surface area contributed by atoms with Crippen LogP contribution in [0.25, 0.3) is 0 Å². The Morgan fingerprint density at radius 1 is 1.14 bits per heavy atom. The van der Waals surface area contributed by atoms with E-state index in [-0.39, 0.29) is 5.91 Å². The molecule has 190 valence electrons. The van der Waals surface area contributed by atoms with Gasteiger partial charge in [0.2, 0.25) is 0 Å². The molecule has 2 aromatic rings. The summed E-state index contributed by atoms with van der Waals surface area (Å²) in [5, 5.41) is 28.4. The van der Waals surface area contributed by atoms with E-state index in [2.05, 4.69) is 33.0 Å². The largest absolute Gasteiger partial charge is 0.352 e. The number of benzene rings is 2. The van der Waals surface area contributed by atoms with Gasteiger partial charge in [-0.25, -0.2) is 4.79 Å². The summed E-state index contributed by atoms with van der Waals surface area (Å²) in [5.74, 6) is -0.293. The second kappa shape index (κ2) is 11.7. The smallest absolute Gasteiger partial charge is 0.319 e. The molecule has 2 aromatic carbocycles. The Bertz CT molecular complexity index is 1300. The summed E-state index contributed by atoms with van der Waals surface area (Å²) in [5.41, 5.74) is 1.73. The maximum atomic E-state index is 12.9. The fraction of sp³-hybridized carbons (Fsp3) is 0.333. The number of nitriles is 2. The molecule has 0 unspecified atom stereocenters. The number of piperidine rings is 1. The molecular weight excluding hydrogens is 511 g/mol. The van der Waals surface area contributed by atoms with Gasteiger partial charge in [0.15, 0.2) is 0 Å². The number of carbonyl (C=O) groups is 2. The van der Waals surface area contributed by atoms with Gasteiger partial charge < -0.3 is 20.9 Å². The zero-order valence-corrected chi connectivity index (χ0v) is 21.6. The Labute approximate surface area is 225 Å². The van der Waals surface area contributed by atoms with E-state index in [9.17, 15) is 20.1 Å². The van der Waals surface area contributed by atoms with Crippen LogP contribution in [0.1, 0.15) is 42.0 Å². The Morgan fingerprint density at radius 2 is 1.89 bits per heavy atom. The lowest BCUT2D eigenvalue weighted by Gasteiger charge is -2.38. The van der Waals surface area contributed by atoms with Crippen molar-refractivity contribution in [1.82, 2.24) is 20.9 Å². The van der Waals surface area contributed by atoms with Gasteiger partial charge in [0.1, 0.15) is 0 Å². The molecule has 2 aliphatic rings. The van der Waals surface area contributed by atoms with Gasteiger partial charge in [-0.15, -0.1) is 0 Å². The maximum Gasteiger partial charge on any atom is 0.319 e. The lowest BCUT2D eigenvalue weighted by atomic mass is 9.72. The molecule has 2 aliphatic heterocycles. The first-order valence-corrected chi connectivity index (χ1v) is 12.8. The van der Waals surface area contributed by atoms with Crippen molar-refractivity contribution in [3.63, 3.8) is 0 Å². The predicted molar refractivity (Wildman–Crippen MR) is 141 cm³/mol. The molecule has 1 saturated heterocycles. The van der Waals surface area contributed by atoms with E-state index in [1.807, 2.05) is 18.2 Å². The third-order valence-electron chi connectivity index (χ3n) is 6.91. The summed E-state index contributed by atoms with van der Waals surface area (Å²) in [4.78, 5) is 27.1. The van der Waals surface area contributed by atoms with E-state index < -0.39 is 17.5 Å². The zero-order chi connectivity index (χ0) is 26.4. The first-order chi connectivity index (χ1) is 17.9. The molecule has 8 nitrogen and oxygen atoms in total. The number of carbonyl (C=O) groups excluding carboxylic acids is 2. The van der Waals surface area contributed by atoms with Crippen LogP contribution in [-0.2, 0) is 10.2 Å². The number of rotatable bonds is 7. The molecule has 3 N–H and O–H groups in total. The van der Waals surface area contributed by atoms with E-state index in [1.54, 1.807) is 24.3 Å². The first kappa shape index (κ1) is 26.5. The van der Waals surface area contributed by atoms with Crippen molar-refractivity contribution < 1.29 is 9.59 Å². The Kier molecular flexibility index (Phi) is 8.35. The van der Waals surface area contributed by atoms with Crippen molar-refractivity contribution in [1.29, 1.82) is 10.5 Å². The average molecular weight is 537 g/mol. The van der Waals surface area contributed by atoms with Gasteiger partial charge in [0, 0.05) is 12.7 Å². The molecule has 0 bridgehead atoms. The predicted octanol–water partition coefficient (Wildman–Crippen LogP) is 4.17. The molecule has 3 amide bonds. The van der Waals surface area contributed by atoms with Crippen LogP contribution >= 0.6 is 23.2 Å². The number of likely N-dealkylation sites (tertiary alicyclic amines) is 1. The quantitative estimate of drug-likeness (QED) is 0.458. The summed E-state index contributed by atoms with van der Waals surface area (Å²) in [6, 6.07) is 15.9. The lowest BCUT2D eigenvalue weighted by Crippen LogP contribution is -2.45. The minimum Gasteiger partial charge on any atom is -0.352 e. The summed E-state index contributed by atoms with van der Waals surface area (Å²) in [6.07, 6.45) is 3.44. The van der Waals surface area contributed by atoms with E-state index in [4.69, 9.17) is 23.2 Å². The van der Waals surface area contributed by atoms with Gasteiger partial charge in [0.05, 0.1) is 44.8 Å². The molecule has 0 saturated carbocycles. The fourth-order valence-corrected chi connectivity index (χ4v) is 5.14. The number of nitrogens with zero attached hydrogens (tertiary/aromatic N) is 3. The SMILES string of the molecule is N#Cc1ccccc1C1(C#N)CCN(CCCNC(=O)C2=CNC(=O)N[C@@H]2c2ccc(Cl)c(Cl)c2)CC1. The van der Waals surface area contributed by atoms with Crippen molar-refractivity contribution in [2.45, 2.75) is 30.7 Å². The average Bonchev–Trinajstić information content (AvgIpc) is 2.93. The number of hydrogen-bond acceptors (Lipinski definition) is 5. The van der Waals surface area contributed by atoms with Gasteiger partial charge in [0.25, 0.3) is 5.91 Å². The minimum atomic E-state index is -0.652. The molecule has 0 spiro atoms. The second-order valence-electron chi connectivity index (χ2n) is 9.13. The highest BCUT2D eigenvalue weighted by Crippen LogP contribution is 2.36. The fourth-order valence-electron chi connectivity index (χ4n) is 4.83. The van der Waals surface area contributed by atoms with Crippen LogP contribution in [0.2, 0.25) is 10.0 Å². The van der Waals surface area contributed by atoms with Crippen molar-refractivity contribution in [2.24, 2.45) is 0 Å². The highest BCUT2D eigenvalue weighted by atomic mass is 35.5. The van der Waals surface area contributed by atoms with Crippen LogP contribution in [0.15, 0.2) is 54.2 Å². The molecule has 2 heterocycles. The van der Waals surface area contributed by atoms with Gasteiger partial charge in [-0.2, -0.15) is 10.5 Å². The Hall–Kier alpha value is -3.56. The molecule has 0 aliphatic carbocycles. The van der Waals surface area contributed by atoms with Crippen molar-refractivity contribution in [2.75, 3.05) is 26.2 Å². The monoisotopic (exact) mass is 536 g/mol. The van der Waals surface area contributed by atoms with Gasteiger partial charge in [-0.1, -0.05) is 47.5 Å². The number of nitrogens with one attached hydrogen (secondary N) is 3. The molecular formula is C27H26Cl2N6O2. The Morgan fingerprint density at radius 3 is 2.59 bits per heavy atom. The zero-order valence-electron chi connectivity index (χ0n) is 20.1. The number of urea groups is 1. The van der Waals surface area contributed by atoms with E-state index in [0.29, 0.717) is 46.1 Å². The van der Waals surface area contributed by atoms with Crippen molar-refractivity contribution in [3.05, 3.63) is 81.0 Å². The van der Waals surface area contributed by atoms with Crippen LogP contribution in [0, 0.1) is 22.7 Å². The van der Waals surface area contributed by atoms with Gasteiger partial charge in [-0.3, -0.25) is 4.79 Å². The Balaban J connectivity index is 1.29. The molecule has 1 atom stereocenters. The summed E-state index contributed by atoms with van der Waals surface area (Å²) >= 11 is 12.1. The number of halogens is 2. The first-order valence-electron chi connectivity index (χ1n) is 12.0. The van der Waals surface area contributed by atoms with Crippen LogP contribution in [0.5, 0.6) is 0 Å². The molecule has 10 heteroatoms. The molecule has 0 radical (unpaired) electrons. The third-order valence-corrected chi connectivity index (χ3v) is 7.65. The molecule has 1 fully saturated rings. The van der Waals surface area contributed by atoms with Crippen LogP contribution in [-0.4, -0.2) is 43.0 Å². The number of amides is 3. The van der Waals surface area contributed by atoms with E-state index in [1.165, 1.54) is 6.20 Å². The molecule has 0 aromatic heterocycles. The lowest BCUT2D eigenvalue weighted by molar-refractivity contribution is -0.117. The number of hydrogen-bond donors (Lipinski definition) is 3. The third kappa shape index (κ3) is 5.89. The highest BCUT2D eigenvalue weighted by molar-refractivity contribution is 6.42. The van der Waals surface area contributed by atoms with Crippen molar-refractivity contribution in [3.8, 4) is 12.1 Å².